The molecule has 0 saturated carbocycles. The van der Waals surface area contributed by atoms with Gasteiger partial charge in [0.25, 0.3) is 5.91 Å². The number of phenolic OH excluding ortho intramolecular Hbond substituents is 1. The molecule has 12 nitrogen and oxygen atoms in total. The van der Waals surface area contributed by atoms with Crippen LogP contribution in [0.25, 0.3) is 33.3 Å². The number of methoxy groups -OCH3 is 1. The zero-order valence-electron chi connectivity index (χ0n) is 32.5. The van der Waals surface area contributed by atoms with E-state index in [2.05, 4.69) is 59.6 Å². The van der Waals surface area contributed by atoms with Gasteiger partial charge in [0.05, 0.1) is 30.6 Å². The van der Waals surface area contributed by atoms with Crippen molar-refractivity contribution in [2.75, 3.05) is 27.3 Å². The number of carbonyl (C=O) groups excluding carboxylic acids is 3. The van der Waals surface area contributed by atoms with E-state index in [0.29, 0.717) is 44.5 Å². The molecular weight excluding hydrogens is 684 g/mol. The van der Waals surface area contributed by atoms with Crippen molar-refractivity contribution in [3.63, 3.8) is 0 Å². The minimum Gasteiger partial charge on any atom is -0.508 e. The third kappa shape index (κ3) is 8.15. The van der Waals surface area contributed by atoms with Crippen molar-refractivity contribution in [2.24, 2.45) is 11.3 Å². The zero-order chi connectivity index (χ0) is 38.7. The summed E-state index contributed by atoms with van der Waals surface area (Å²) < 4.78 is 13.9. The monoisotopic (exact) mass is 738 g/mol. The van der Waals surface area contributed by atoms with E-state index >= 15 is 0 Å². The molecule has 4 aromatic rings. The lowest BCUT2D eigenvalue weighted by atomic mass is 9.84. The summed E-state index contributed by atoms with van der Waals surface area (Å²) in [6, 6.07) is 13.4. The van der Waals surface area contributed by atoms with Crippen molar-refractivity contribution >= 4 is 28.7 Å². The molecule has 3 atom stereocenters. The Bertz CT molecular complexity index is 2020. The predicted molar refractivity (Wildman–Crippen MR) is 208 cm³/mol. The molecule has 1 fully saturated rings. The van der Waals surface area contributed by atoms with E-state index in [1.165, 1.54) is 5.01 Å². The molecule has 54 heavy (non-hydrogen) atoms. The Morgan fingerprint density at radius 2 is 1.94 bits per heavy atom. The summed E-state index contributed by atoms with van der Waals surface area (Å²) in [5.41, 5.74) is 9.97. The van der Waals surface area contributed by atoms with Crippen LogP contribution in [-0.2, 0) is 49.9 Å². The van der Waals surface area contributed by atoms with E-state index < -0.39 is 29.5 Å². The first kappa shape index (κ1) is 38.9. The van der Waals surface area contributed by atoms with Gasteiger partial charge in [-0.1, -0.05) is 39.8 Å². The lowest BCUT2D eigenvalue weighted by Gasteiger charge is -2.36. The zero-order valence-corrected chi connectivity index (χ0v) is 32.5. The first-order chi connectivity index (χ1) is 25.8. The average Bonchev–Trinajstić information content (AvgIpc) is 3.44. The number of rotatable bonds is 8. The van der Waals surface area contributed by atoms with E-state index in [4.69, 9.17) is 14.5 Å². The van der Waals surface area contributed by atoms with Crippen LogP contribution in [0.3, 0.4) is 0 Å². The molecule has 2 aromatic carbocycles. The molecule has 6 bridgehead atoms. The molecule has 2 aromatic heterocycles. The fourth-order valence-corrected chi connectivity index (χ4v) is 7.95. The lowest BCUT2D eigenvalue weighted by molar-refractivity contribution is -0.155. The Kier molecular flexibility index (Phi) is 11.7. The molecule has 2 amide bonds. The molecule has 1 saturated heterocycles. The molecule has 6 rings (SSSR count). The van der Waals surface area contributed by atoms with E-state index in [-0.39, 0.29) is 36.5 Å². The molecule has 288 valence electrons. The number of likely N-dealkylation sites (N-methyl/N-ethyl adjacent to an activating group) is 1. The van der Waals surface area contributed by atoms with Crippen LogP contribution in [0.4, 0.5) is 0 Å². The van der Waals surface area contributed by atoms with Gasteiger partial charge in [-0.25, -0.2) is 5.43 Å². The number of nitrogens with one attached hydrogen (secondary N) is 3. The van der Waals surface area contributed by atoms with Gasteiger partial charge >= 0.3 is 5.97 Å². The van der Waals surface area contributed by atoms with Crippen LogP contribution in [0.15, 0.2) is 54.7 Å². The summed E-state index contributed by atoms with van der Waals surface area (Å²) in [6.07, 6.45) is 3.57. The quantitative estimate of drug-likeness (QED) is 0.181. The van der Waals surface area contributed by atoms with E-state index in [0.717, 1.165) is 44.5 Å². The number of pyridine rings is 1. The first-order valence-corrected chi connectivity index (χ1v) is 19.0. The number of cyclic esters (lactones) is 1. The van der Waals surface area contributed by atoms with Gasteiger partial charge in [-0.05, 0) is 97.8 Å². The van der Waals surface area contributed by atoms with Crippen molar-refractivity contribution in [1.29, 1.82) is 0 Å². The van der Waals surface area contributed by atoms with Crippen molar-refractivity contribution in [3.05, 3.63) is 71.5 Å². The van der Waals surface area contributed by atoms with Crippen LogP contribution >= 0.6 is 0 Å². The van der Waals surface area contributed by atoms with E-state index in [1.807, 2.05) is 32.0 Å². The maximum atomic E-state index is 14.2. The average molecular weight is 739 g/mol. The summed E-state index contributed by atoms with van der Waals surface area (Å²) >= 11 is 0. The van der Waals surface area contributed by atoms with Crippen molar-refractivity contribution < 1.29 is 29.0 Å². The standard InChI is InChI=1S/C42H54N6O6/c1-8-47-36-14-13-27-21-31(36)32(38(47)30-11-9-15-44-35(30)23-53-7)22-42(4,5)24-54-41(52)33-12-10-16-48(46-33)40(51)34(45-39(50)37(43-6)25(2)3)19-26-17-28(27)20-29(49)18-26/h9,11,13-15,17-18,20-21,25,33-34,37,43,46,49H,8,10,12,16,19,22-24H2,1-7H3,(H,45,50)/t33-,34-,37?/m0/s1. The normalized spacial score (nSPS) is 19.7. The maximum absolute atomic E-state index is 14.2. The largest absolute Gasteiger partial charge is 0.508 e. The Labute approximate surface area is 317 Å². The topological polar surface area (TPSA) is 147 Å². The lowest BCUT2D eigenvalue weighted by Crippen LogP contribution is -2.61. The molecular formula is C42H54N6O6. The van der Waals surface area contributed by atoms with Crippen LogP contribution < -0.4 is 16.1 Å². The second kappa shape index (κ2) is 16.3. The van der Waals surface area contributed by atoms with Crippen molar-refractivity contribution in [2.45, 2.75) is 91.6 Å². The number of esters is 1. The third-order valence-corrected chi connectivity index (χ3v) is 10.5. The summed E-state index contributed by atoms with van der Waals surface area (Å²) in [4.78, 5) is 46.2. The van der Waals surface area contributed by atoms with Gasteiger partial charge in [-0.3, -0.25) is 24.4 Å². The molecule has 0 spiro atoms. The predicted octanol–water partition coefficient (Wildman–Crippen LogP) is 5.13. The SMILES string of the molecule is CCn1c(-c2cccnc2COC)c2c3cc(ccc31)-c1cc(O)cc(c1)C[C@H](NC(=O)C(NC)C(C)C)C(=O)N1CCC[C@H](N1)C(=O)OCC(C)(C)C2. The molecule has 4 heterocycles. The number of ether oxygens (including phenoxy) is 2. The number of hydrogen-bond acceptors (Lipinski definition) is 9. The molecule has 0 radical (unpaired) electrons. The minimum absolute atomic E-state index is 0.0270. The maximum Gasteiger partial charge on any atom is 0.324 e. The van der Waals surface area contributed by atoms with Gasteiger partial charge in [0.2, 0.25) is 5.91 Å². The number of carbonyl (C=O) groups is 3. The molecule has 1 unspecified atom stereocenters. The molecule has 0 aliphatic carbocycles. The Morgan fingerprint density at radius 1 is 1.15 bits per heavy atom. The highest BCUT2D eigenvalue weighted by atomic mass is 16.5. The van der Waals surface area contributed by atoms with Gasteiger partial charge < -0.3 is 29.8 Å². The van der Waals surface area contributed by atoms with Gasteiger partial charge in [-0.15, -0.1) is 0 Å². The van der Waals surface area contributed by atoms with Gasteiger partial charge in [0.1, 0.15) is 17.8 Å². The number of aryl methyl sites for hydroxylation is 1. The number of fused-ring (bicyclic) bond motifs is 6. The van der Waals surface area contributed by atoms with Crippen molar-refractivity contribution in [1.82, 2.24) is 30.6 Å². The minimum atomic E-state index is -0.974. The Morgan fingerprint density at radius 3 is 2.67 bits per heavy atom. The number of hydrazine groups is 1. The summed E-state index contributed by atoms with van der Waals surface area (Å²) in [5, 5.41) is 19.6. The number of phenols is 1. The van der Waals surface area contributed by atoms with Gasteiger partial charge in [0.15, 0.2) is 0 Å². The molecule has 2 aliphatic rings. The number of hydrogen-bond donors (Lipinski definition) is 4. The van der Waals surface area contributed by atoms with Crippen LogP contribution in [0.5, 0.6) is 5.75 Å². The van der Waals surface area contributed by atoms with E-state index in [9.17, 15) is 19.5 Å². The highest BCUT2D eigenvalue weighted by molar-refractivity contribution is 5.95. The van der Waals surface area contributed by atoms with E-state index in [1.54, 1.807) is 32.5 Å². The summed E-state index contributed by atoms with van der Waals surface area (Å²) in [5.74, 6) is -1.08. The molecule has 2 aliphatic heterocycles. The molecule has 12 heteroatoms. The summed E-state index contributed by atoms with van der Waals surface area (Å²) in [6.45, 7) is 11.8. The van der Waals surface area contributed by atoms with Crippen molar-refractivity contribution in [3.8, 4) is 28.1 Å². The fourth-order valence-electron chi connectivity index (χ4n) is 7.95. The van der Waals surface area contributed by atoms with Crippen LogP contribution in [-0.4, -0.2) is 82.9 Å². The Balaban J connectivity index is 1.53. The second-order valence-electron chi connectivity index (χ2n) is 15.7. The third-order valence-electron chi connectivity index (χ3n) is 10.5. The van der Waals surface area contributed by atoms with Crippen LogP contribution in [0.2, 0.25) is 0 Å². The number of aromatic hydroxyl groups is 1. The number of nitrogens with zero attached hydrogens (tertiary/aromatic N) is 3. The fraction of sp³-hybridized carbons (Fsp3) is 0.476. The number of amides is 2. The smallest absolute Gasteiger partial charge is 0.324 e. The number of aromatic nitrogens is 2. The summed E-state index contributed by atoms with van der Waals surface area (Å²) in [7, 11) is 3.38. The van der Waals surface area contributed by atoms with Crippen LogP contribution in [0, 0.1) is 11.3 Å². The Hall–Kier alpha value is -4.78. The highest BCUT2D eigenvalue weighted by Gasteiger charge is 2.36. The highest BCUT2D eigenvalue weighted by Crippen LogP contribution is 2.41. The first-order valence-electron chi connectivity index (χ1n) is 19.0. The van der Waals surface area contributed by atoms with Gasteiger partial charge in [-0.2, -0.15) is 0 Å². The number of benzene rings is 2. The van der Waals surface area contributed by atoms with Crippen LogP contribution in [0.1, 0.15) is 64.3 Å². The second-order valence-corrected chi connectivity index (χ2v) is 15.7. The van der Waals surface area contributed by atoms with Gasteiger partial charge in [0, 0.05) is 54.7 Å². The molecule has 4 N–H and O–H groups in total.